The van der Waals surface area contributed by atoms with E-state index in [0.717, 1.165) is 19.0 Å². The van der Waals surface area contributed by atoms with E-state index in [4.69, 9.17) is 5.73 Å². The van der Waals surface area contributed by atoms with Crippen molar-refractivity contribution in [3.8, 4) is 0 Å². The third kappa shape index (κ3) is 4.84. The Kier molecular flexibility index (Phi) is 6.37. The molecule has 0 spiro atoms. The van der Waals surface area contributed by atoms with Crippen molar-refractivity contribution in [2.75, 3.05) is 19.6 Å². The zero-order valence-electron chi connectivity index (χ0n) is 11.2. The molecule has 0 aromatic heterocycles. The minimum atomic E-state index is 0.443. The monoisotopic (exact) mass is 226 g/mol. The molecule has 0 saturated heterocycles. The molecule has 2 heteroatoms. The Morgan fingerprint density at radius 3 is 2.44 bits per heavy atom. The van der Waals surface area contributed by atoms with E-state index >= 15 is 0 Å². The molecular formula is C14H30N2. The van der Waals surface area contributed by atoms with E-state index in [-0.39, 0.29) is 0 Å². The van der Waals surface area contributed by atoms with Gasteiger partial charge in [0.25, 0.3) is 0 Å². The predicted molar refractivity (Wildman–Crippen MR) is 71.5 cm³/mol. The standard InChI is InChI=1S/C14H30N2/c1-13(2)7-3-6-10-16-12-14(11-15)8-4-5-9-14/h13,16H,3-12,15H2,1-2H3. The third-order valence-corrected chi connectivity index (χ3v) is 3.98. The summed E-state index contributed by atoms with van der Waals surface area (Å²) < 4.78 is 0. The van der Waals surface area contributed by atoms with Gasteiger partial charge in [0, 0.05) is 6.54 Å². The SMILES string of the molecule is CC(C)CCCCNCC1(CN)CCCC1. The number of hydrogen-bond acceptors (Lipinski definition) is 2. The summed E-state index contributed by atoms with van der Waals surface area (Å²) in [4.78, 5) is 0. The Morgan fingerprint density at radius 2 is 1.88 bits per heavy atom. The minimum Gasteiger partial charge on any atom is -0.330 e. The van der Waals surface area contributed by atoms with Gasteiger partial charge in [0.05, 0.1) is 0 Å². The van der Waals surface area contributed by atoms with Gasteiger partial charge in [-0.25, -0.2) is 0 Å². The van der Waals surface area contributed by atoms with Crippen molar-refractivity contribution >= 4 is 0 Å². The highest BCUT2D eigenvalue weighted by molar-refractivity contribution is 4.87. The van der Waals surface area contributed by atoms with Gasteiger partial charge in [-0.15, -0.1) is 0 Å². The van der Waals surface area contributed by atoms with Gasteiger partial charge in [-0.3, -0.25) is 0 Å². The lowest BCUT2D eigenvalue weighted by Crippen LogP contribution is -2.38. The maximum Gasteiger partial charge on any atom is 0.00199 e. The fourth-order valence-corrected chi connectivity index (χ4v) is 2.73. The van der Waals surface area contributed by atoms with E-state index in [1.54, 1.807) is 0 Å². The molecule has 0 radical (unpaired) electrons. The summed E-state index contributed by atoms with van der Waals surface area (Å²) >= 11 is 0. The molecule has 0 unspecified atom stereocenters. The van der Waals surface area contributed by atoms with Gasteiger partial charge in [-0.05, 0) is 43.7 Å². The fraction of sp³-hybridized carbons (Fsp3) is 1.00. The Morgan fingerprint density at radius 1 is 1.19 bits per heavy atom. The lowest BCUT2D eigenvalue weighted by Gasteiger charge is -2.27. The summed E-state index contributed by atoms with van der Waals surface area (Å²) in [5.74, 6) is 0.852. The molecule has 0 amide bonds. The molecule has 1 fully saturated rings. The van der Waals surface area contributed by atoms with Crippen molar-refractivity contribution in [3.63, 3.8) is 0 Å². The Bertz CT molecular complexity index is 172. The zero-order valence-corrected chi connectivity index (χ0v) is 11.2. The van der Waals surface area contributed by atoms with Crippen LogP contribution in [0.5, 0.6) is 0 Å². The molecule has 0 aromatic rings. The number of rotatable bonds is 8. The highest BCUT2D eigenvalue weighted by Gasteiger charge is 2.31. The summed E-state index contributed by atoms with van der Waals surface area (Å²) in [6.07, 6.45) is 9.48. The lowest BCUT2D eigenvalue weighted by molar-refractivity contribution is 0.290. The van der Waals surface area contributed by atoms with Gasteiger partial charge in [0.1, 0.15) is 0 Å². The highest BCUT2D eigenvalue weighted by atomic mass is 14.9. The topological polar surface area (TPSA) is 38.0 Å². The van der Waals surface area contributed by atoms with Crippen molar-refractivity contribution in [3.05, 3.63) is 0 Å². The van der Waals surface area contributed by atoms with E-state index in [2.05, 4.69) is 19.2 Å². The van der Waals surface area contributed by atoms with Crippen molar-refractivity contribution in [2.45, 2.75) is 58.8 Å². The summed E-state index contributed by atoms with van der Waals surface area (Å²) in [5.41, 5.74) is 6.35. The summed E-state index contributed by atoms with van der Waals surface area (Å²) in [6.45, 7) is 7.79. The maximum atomic E-state index is 5.91. The first-order valence-electron chi connectivity index (χ1n) is 7.09. The molecule has 0 atom stereocenters. The molecule has 1 rings (SSSR count). The van der Waals surface area contributed by atoms with Crippen LogP contribution in [-0.4, -0.2) is 19.6 Å². The van der Waals surface area contributed by atoms with Gasteiger partial charge in [-0.1, -0.05) is 39.5 Å². The van der Waals surface area contributed by atoms with Crippen LogP contribution < -0.4 is 11.1 Å². The van der Waals surface area contributed by atoms with E-state index in [1.807, 2.05) is 0 Å². The normalized spacial score (nSPS) is 19.5. The second kappa shape index (κ2) is 7.29. The van der Waals surface area contributed by atoms with Gasteiger partial charge in [0.15, 0.2) is 0 Å². The van der Waals surface area contributed by atoms with Crippen LogP contribution in [0.1, 0.15) is 58.8 Å². The molecule has 0 bridgehead atoms. The van der Waals surface area contributed by atoms with Crippen LogP contribution >= 0.6 is 0 Å². The molecule has 2 nitrogen and oxygen atoms in total. The second-order valence-electron chi connectivity index (χ2n) is 5.98. The molecule has 0 aliphatic heterocycles. The molecule has 0 aromatic carbocycles. The zero-order chi connectivity index (χ0) is 11.9. The maximum absolute atomic E-state index is 5.91. The lowest BCUT2D eigenvalue weighted by atomic mass is 9.86. The number of unbranched alkanes of at least 4 members (excludes halogenated alkanes) is 1. The predicted octanol–water partition coefficient (Wildman–Crippen LogP) is 2.92. The molecule has 96 valence electrons. The van der Waals surface area contributed by atoms with Crippen molar-refractivity contribution in [1.29, 1.82) is 0 Å². The van der Waals surface area contributed by atoms with E-state index in [1.165, 1.54) is 51.5 Å². The molecule has 0 heterocycles. The Hall–Kier alpha value is -0.0800. The first-order chi connectivity index (χ1) is 7.68. The van der Waals surface area contributed by atoms with Crippen molar-refractivity contribution in [1.82, 2.24) is 5.32 Å². The minimum absolute atomic E-state index is 0.443. The second-order valence-corrected chi connectivity index (χ2v) is 5.98. The number of nitrogens with one attached hydrogen (secondary N) is 1. The van der Waals surface area contributed by atoms with Gasteiger partial charge in [0.2, 0.25) is 0 Å². The van der Waals surface area contributed by atoms with E-state index in [0.29, 0.717) is 5.41 Å². The molecular weight excluding hydrogens is 196 g/mol. The van der Waals surface area contributed by atoms with Crippen LogP contribution in [-0.2, 0) is 0 Å². The first kappa shape index (κ1) is 14.0. The highest BCUT2D eigenvalue weighted by Crippen LogP contribution is 2.36. The average molecular weight is 226 g/mol. The molecule has 3 N–H and O–H groups in total. The third-order valence-electron chi connectivity index (χ3n) is 3.98. The Balaban J connectivity index is 2.01. The quantitative estimate of drug-likeness (QED) is 0.625. The van der Waals surface area contributed by atoms with Gasteiger partial charge >= 0.3 is 0 Å². The van der Waals surface area contributed by atoms with Crippen molar-refractivity contribution in [2.24, 2.45) is 17.1 Å². The molecule has 1 aliphatic carbocycles. The largest absolute Gasteiger partial charge is 0.330 e. The van der Waals surface area contributed by atoms with Crippen LogP contribution in [0, 0.1) is 11.3 Å². The number of nitrogens with two attached hydrogens (primary N) is 1. The summed E-state index contributed by atoms with van der Waals surface area (Å²) in [7, 11) is 0. The van der Waals surface area contributed by atoms with E-state index < -0.39 is 0 Å². The summed E-state index contributed by atoms with van der Waals surface area (Å²) in [5, 5.41) is 3.61. The molecule has 16 heavy (non-hydrogen) atoms. The average Bonchev–Trinajstić information content (AvgIpc) is 2.72. The van der Waals surface area contributed by atoms with Crippen LogP contribution in [0.25, 0.3) is 0 Å². The fourth-order valence-electron chi connectivity index (χ4n) is 2.73. The van der Waals surface area contributed by atoms with Crippen molar-refractivity contribution < 1.29 is 0 Å². The van der Waals surface area contributed by atoms with Crippen LogP contribution in [0.2, 0.25) is 0 Å². The smallest absolute Gasteiger partial charge is 0.00199 e. The number of hydrogen-bond donors (Lipinski definition) is 2. The molecule has 1 saturated carbocycles. The van der Waals surface area contributed by atoms with Crippen LogP contribution in [0.15, 0.2) is 0 Å². The molecule has 1 aliphatic rings. The van der Waals surface area contributed by atoms with Crippen LogP contribution in [0.3, 0.4) is 0 Å². The Labute approximate surface area is 101 Å². The van der Waals surface area contributed by atoms with Crippen LogP contribution in [0.4, 0.5) is 0 Å². The van der Waals surface area contributed by atoms with E-state index in [9.17, 15) is 0 Å². The van der Waals surface area contributed by atoms with Gasteiger partial charge in [-0.2, -0.15) is 0 Å². The summed E-state index contributed by atoms with van der Waals surface area (Å²) in [6, 6.07) is 0. The first-order valence-corrected chi connectivity index (χ1v) is 7.09. The van der Waals surface area contributed by atoms with Gasteiger partial charge < -0.3 is 11.1 Å².